The van der Waals surface area contributed by atoms with Gasteiger partial charge < -0.3 is 15.7 Å². The molecule has 17 nitrogen and oxygen atoms in total. The first-order chi connectivity index (χ1) is 21.5. The molecule has 0 aliphatic carbocycles. The van der Waals surface area contributed by atoms with Gasteiger partial charge in [0.2, 0.25) is 17.2 Å². The van der Waals surface area contributed by atoms with E-state index < -0.39 is 62.2 Å². The maximum atomic E-state index is 12.4. The highest BCUT2D eigenvalue weighted by molar-refractivity contribution is 7.86. The molecule has 0 bridgehead atoms. The molecule has 0 radical (unpaired) electrons. The Labute approximate surface area is 265 Å². The highest BCUT2D eigenvalue weighted by Gasteiger charge is 2.27. The first-order valence-electron chi connectivity index (χ1n) is 12.6. The van der Waals surface area contributed by atoms with Gasteiger partial charge in [0, 0.05) is 17.3 Å². The van der Waals surface area contributed by atoms with Gasteiger partial charge in [0.15, 0.2) is 5.75 Å². The lowest BCUT2D eigenvalue weighted by Gasteiger charge is -2.15. The molecule has 0 amide bonds. The van der Waals surface area contributed by atoms with Crippen molar-refractivity contribution in [1.29, 1.82) is 0 Å². The van der Waals surface area contributed by atoms with E-state index in [1.165, 1.54) is 18.2 Å². The fourth-order valence-electron chi connectivity index (χ4n) is 4.45. The molecule has 1 heterocycles. The van der Waals surface area contributed by atoms with Gasteiger partial charge in [0.05, 0.1) is 10.6 Å². The number of hydrogen-bond donors (Lipinski definition) is 6. The van der Waals surface area contributed by atoms with Gasteiger partial charge in [-0.25, -0.2) is 0 Å². The molecule has 21 heteroatoms. The minimum absolute atomic E-state index is 0.0117. The van der Waals surface area contributed by atoms with Crippen LogP contribution in [-0.2, 0) is 30.4 Å². The van der Waals surface area contributed by atoms with Crippen LogP contribution in [0.2, 0.25) is 5.28 Å². The molecule has 5 rings (SSSR count). The van der Waals surface area contributed by atoms with Crippen LogP contribution >= 0.6 is 11.6 Å². The number of fused-ring (bicyclic) bond motifs is 2. The Kier molecular flexibility index (Phi) is 8.55. The zero-order valence-corrected chi connectivity index (χ0v) is 26.2. The van der Waals surface area contributed by atoms with Gasteiger partial charge in [-0.05, 0) is 53.6 Å². The summed E-state index contributed by atoms with van der Waals surface area (Å²) in [6, 6.07) is 11.1. The second-order valence-corrected chi connectivity index (χ2v) is 13.8. The van der Waals surface area contributed by atoms with Crippen molar-refractivity contribution in [3.8, 4) is 5.75 Å². The number of benzene rings is 4. The Morgan fingerprint density at radius 2 is 1.50 bits per heavy atom. The smallest absolute Gasteiger partial charge is 0.297 e. The van der Waals surface area contributed by atoms with Gasteiger partial charge >= 0.3 is 0 Å². The van der Waals surface area contributed by atoms with Crippen molar-refractivity contribution in [2.75, 3.05) is 17.2 Å². The Balaban J connectivity index is 1.80. The molecule has 46 heavy (non-hydrogen) atoms. The molecule has 0 aliphatic rings. The average Bonchev–Trinajstić information content (AvgIpc) is 2.94. The van der Waals surface area contributed by atoms with Gasteiger partial charge in [-0.1, -0.05) is 30.3 Å². The maximum Gasteiger partial charge on any atom is 0.297 e. The van der Waals surface area contributed by atoms with Crippen molar-refractivity contribution in [2.45, 2.75) is 21.6 Å². The molecule has 0 spiro atoms. The Morgan fingerprint density at radius 1 is 0.804 bits per heavy atom. The molecule has 6 N–H and O–H groups in total. The minimum Gasteiger partial charge on any atom is -0.505 e. The molecule has 0 saturated carbocycles. The molecular formula is C25H20ClN7O10S3. The number of halogens is 1. The van der Waals surface area contributed by atoms with Crippen LogP contribution in [0.25, 0.3) is 21.5 Å². The van der Waals surface area contributed by atoms with Gasteiger partial charge in [0.25, 0.3) is 30.4 Å². The van der Waals surface area contributed by atoms with E-state index >= 15 is 0 Å². The maximum absolute atomic E-state index is 12.4. The molecule has 5 aromatic rings. The topological polar surface area (TPSA) is 271 Å². The van der Waals surface area contributed by atoms with Crippen LogP contribution < -0.4 is 10.6 Å². The molecule has 0 saturated heterocycles. The molecule has 240 valence electrons. The zero-order chi connectivity index (χ0) is 33.6. The summed E-state index contributed by atoms with van der Waals surface area (Å²) in [5.74, 6) is -1.27. The summed E-state index contributed by atoms with van der Waals surface area (Å²) in [5.41, 5.74) is -1.69. The van der Waals surface area contributed by atoms with E-state index in [2.05, 4.69) is 35.8 Å². The number of rotatable bonds is 9. The second kappa shape index (κ2) is 12.0. The van der Waals surface area contributed by atoms with Crippen LogP contribution in [0.5, 0.6) is 5.75 Å². The van der Waals surface area contributed by atoms with E-state index in [-0.39, 0.29) is 39.0 Å². The standard InChI is InChI=1S/C25H20ClN7O10S3/c1-2-27-24-29-23(26)30-25(31-24)28-17-11-14(44(35,36)37)9-13-10-18(45(38,39)40)20(21(34)19(13)17)33-32-16-8-7-12-5-3-4-6-15(12)22(16)46(41,42)43/h3-11,34H,2H2,1H3,(H,35,36,37)(H,38,39,40)(H,41,42,43)(H2,27,28,29,30,31). The zero-order valence-electron chi connectivity index (χ0n) is 23.0. The monoisotopic (exact) mass is 709 g/mol. The van der Waals surface area contributed by atoms with Gasteiger partial charge in [-0.15, -0.1) is 10.2 Å². The van der Waals surface area contributed by atoms with Crippen LogP contribution in [0, 0.1) is 0 Å². The van der Waals surface area contributed by atoms with Crippen molar-refractivity contribution >= 4 is 92.5 Å². The summed E-state index contributed by atoms with van der Waals surface area (Å²) in [6.07, 6.45) is 0. The molecule has 4 aromatic carbocycles. The number of nitrogens with zero attached hydrogens (tertiary/aromatic N) is 5. The van der Waals surface area contributed by atoms with E-state index in [9.17, 15) is 44.0 Å². The highest BCUT2D eigenvalue weighted by Crippen LogP contribution is 2.46. The van der Waals surface area contributed by atoms with E-state index in [0.717, 1.165) is 24.3 Å². The van der Waals surface area contributed by atoms with Crippen molar-refractivity contribution in [3.05, 3.63) is 59.9 Å². The summed E-state index contributed by atoms with van der Waals surface area (Å²) in [6.45, 7) is 2.12. The predicted molar refractivity (Wildman–Crippen MR) is 165 cm³/mol. The van der Waals surface area contributed by atoms with E-state index in [0.29, 0.717) is 11.9 Å². The number of aromatic nitrogens is 3. The molecule has 1 aromatic heterocycles. The lowest BCUT2D eigenvalue weighted by atomic mass is 10.1. The van der Waals surface area contributed by atoms with Crippen LogP contribution in [0.4, 0.5) is 29.0 Å². The first-order valence-corrected chi connectivity index (χ1v) is 17.3. The fraction of sp³-hybridized carbons (Fsp3) is 0.0800. The fourth-order valence-corrected chi connectivity index (χ4v) is 6.65. The summed E-state index contributed by atoms with van der Waals surface area (Å²) in [7, 11) is -15.1. The van der Waals surface area contributed by atoms with Crippen molar-refractivity contribution < 1.29 is 44.0 Å². The molecule has 0 aliphatic heterocycles. The third-order valence-electron chi connectivity index (χ3n) is 6.26. The van der Waals surface area contributed by atoms with Crippen LogP contribution in [0.3, 0.4) is 0 Å². The van der Waals surface area contributed by atoms with Gasteiger partial charge in [-0.3, -0.25) is 13.7 Å². The van der Waals surface area contributed by atoms with Crippen molar-refractivity contribution in [2.24, 2.45) is 10.2 Å². The van der Waals surface area contributed by atoms with E-state index in [4.69, 9.17) is 11.6 Å². The third kappa shape index (κ3) is 6.67. The van der Waals surface area contributed by atoms with Crippen molar-refractivity contribution in [1.82, 2.24) is 15.0 Å². The van der Waals surface area contributed by atoms with Crippen LogP contribution in [-0.4, -0.2) is 65.5 Å². The predicted octanol–water partition coefficient (Wildman–Crippen LogP) is 4.87. The Hall–Kier alpha value is -4.57. The minimum atomic E-state index is -5.24. The number of phenolic OH excluding ortho intramolecular Hbond substituents is 1. The molecule has 0 fully saturated rings. The Morgan fingerprint density at radius 3 is 2.15 bits per heavy atom. The number of azo groups is 1. The lowest BCUT2D eigenvalue weighted by Crippen LogP contribution is -2.07. The second-order valence-electron chi connectivity index (χ2n) is 9.31. The number of hydrogen-bond acceptors (Lipinski definition) is 14. The van der Waals surface area contributed by atoms with E-state index in [1.807, 2.05) is 0 Å². The molecule has 0 atom stereocenters. The molecule has 0 unspecified atom stereocenters. The highest BCUT2D eigenvalue weighted by atomic mass is 35.5. The quantitative estimate of drug-likeness (QED) is 0.0880. The normalized spacial score (nSPS) is 12.6. The van der Waals surface area contributed by atoms with Crippen molar-refractivity contribution in [3.63, 3.8) is 0 Å². The number of anilines is 3. The van der Waals surface area contributed by atoms with E-state index in [1.54, 1.807) is 19.1 Å². The van der Waals surface area contributed by atoms with Crippen LogP contribution in [0.15, 0.2) is 79.5 Å². The SMILES string of the molecule is CCNc1nc(Cl)nc(Nc2cc(S(=O)(=O)O)cc3cc(S(=O)(=O)O)c(N=Nc4ccc5ccccc5c4S(=O)(=O)O)c(O)c23)n1. The number of aromatic hydroxyl groups is 1. The third-order valence-corrected chi connectivity index (χ3v) is 9.08. The summed E-state index contributed by atoms with van der Waals surface area (Å²) in [4.78, 5) is 9.33. The van der Waals surface area contributed by atoms with Crippen LogP contribution in [0.1, 0.15) is 6.92 Å². The Bertz CT molecular complexity index is 2430. The van der Waals surface area contributed by atoms with Gasteiger partial charge in [0.1, 0.15) is 21.2 Å². The average molecular weight is 710 g/mol. The summed E-state index contributed by atoms with van der Waals surface area (Å²) in [5, 5.41) is 23.8. The first kappa shape index (κ1) is 32.8. The summed E-state index contributed by atoms with van der Waals surface area (Å²) < 4.78 is 103. The summed E-state index contributed by atoms with van der Waals surface area (Å²) >= 11 is 5.97. The van der Waals surface area contributed by atoms with Gasteiger partial charge in [-0.2, -0.15) is 40.2 Å². The lowest BCUT2D eigenvalue weighted by molar-refractivity contribution is 0.472. The number of phenols is 1. The molecular weight excluding hydrogens is 690 g/mol. The number of nitrogens with one attached hydrogen (secondary N) is 2. The largest absolute Gasteiger partial charge is 0.505 e.